The van der Waals surface area contributed by atoms with E-state index in [9.17, 15) is 23.2 Å². The summed E-state index contributed by atoms with van der Waals surface area (Å²) in [6.45, 7) is 3.25. The Morgan fingerprint density at radius 2 is 1.81 bits per heavy atom. The summed E-state index contributed by atoms with van der Waals surface area (Å²) in [7, 11) is 0. The predicted molar refractivity (Wildman–Crippen MR) is 99.8 cm³/mol. The molecule has 1 aliphatic rings. The lowest BCUT2D eigenvalue weighted by molar-refractivity contribution is -0.151. The van der Waals surface area contributed by atoms with E-state index in [1.165, 1.54) is 6.92 Å². The van der Waals surface area contributed by atoms with Gasteiger partial charge in [0.15, 0.2) is 0 Å². The van der Waals surface area contributed by atoms with Crippen LogP contribution in [0.2, 0.25) is 0 Å². The molecule has 0 aromatic heterocycles. The van der Waals surface area contributed by atoms with Crippen molar-refractivity contribution in [3.8, 4) is 0 Å². The van der Waals surface area contributed by atoms with Crippen LogP contribution in [0.3, 0.4) is 0 Å². The normalized spacial score (nSPS) is 21.4. The summed E-state index contributed by atoms with van der Waals surface area (Å²) in [5.41, 5.74) is 0. The van der Waals surface area contributed by atoms with E-state index in [2.05, 4.69) is 0 Å². The minimum atomic E-state index is -3.28. The van der Waals surface area contributed by atoms with E-state index in [0.29, 0.717) is 44.9 Å². The van der Waals surface area contributed by atoms with E-state index in [4.69, 9.17) is 5.11 Å². The SMILES string of the molecule is CCCC(C)C(F)(F)C(=O)CC[C@H]1CCC(=O)[C@@H]1CCCCCCC(=O)O. The molecule has 0 aromatic rings. The summed E-state index contributed by atoms with van der Waals surface area (Å²) in [6.07, 6.45) is 6.36. The Labute approximate surface area is 161 Å². The molecule has 0 spiro atoms. The van der Waals surface area contributed by atoms with Crippen LogP contribution in [0.4, 0.5) is 8.78 Å². The third-order valence-electron chi connectivity index (χ3n) is 5.85. The van der Waals surface area contributed by atoms with Crippen LogP contribution in [0, 0.1) is 17.8 Å². The van der Waals surface area contributed by atoms with Crippen molar-refractivity contribution >= 4 is 17.5 Å². The van der Waals surface area contributed by atoms with Gasteiger partial charge in [-0.05, 0) is 38.0 Å². The number of hydrogen-bond donors (Lipinski definition) is 1. The van der Waals surface area contributed by atoms with Crippen LogP contribution < -0.4 is 0 Å². The molecular weight excluding hydrogens is 354 g/mol. The van der Waals surface area contributed by atoms with E-state index in [-0.39, 0.29) is 30.5 Å². The first-order valence-electron chi connectivity index (χ1n) is 10.4. The van der Waals surface area contributed by atoms with E-state index in [0.717, 1.165) is 19.3 Å². The highest BCUT2D eigenvalue weighted by Crippen LogP contribution is 2.37. The van der Waals surface area contributed by atoms with Gasteiger partial charge in [-0.2, -0.15) is 8.78 Å². The summed E-state index contributed by atoms with van der Waals surface area (Å²) >= 11 is 0. The lowest BCUT2D eigenvalue weighted by Gasteiger charge is -2.23. The fourth-order valence-corrected chi connectivity index (χ4v) is 4.09. The summed E-state index contributed by atoms with van der Waals surface area (Å²) in [5.74, 6) is -5.92. The maximum atomic E-state index is 14.2. The molecule has 1 saturated carbocycles. The van der Waals surface area contributed by atoms with Gasteiger partial charge in [0.05, 0.1) is 0 Å². The molecule has 156 valence electrons. The molecular formula is C21H34F2O4. The van der Waals surface area contributed by atoms with Gasteiger partial charge in [0.1, 0.15) is 5.78 Å². The van der Waals surface area contributed by atoms with Gasteiger partial charge in [0, 0.05) is 31.1 Å². The Balaban J connectivity index is 2.41. The van der Waals surface area contributed by atoms with E-state index >= 15 is 0 Å². The highest BCUT2D eigenvalue weighted by Gasteiger charge is 2.44. The van der Waals surface area contributed by atoms with Crippen LogP contribution in [0.15, 0.2) is 0 Å². The van der Waals surface area contributed by atoms with Crippen LogP contribution in [0.5, 0.6) is 0 Å². The number of rotatable bonds is 14. The minimum Gasteiger partial charge on any atom is -0.481 e. The van der Waals surface area contributed by atoms with Crippen LogP contribution >= 0.6 is 0 Å². The van der Waals surface area contributed by atoms with Crippen LogP contribution in [0.1, 0.15) is 90.9 Å². The van der Waals surface area contributed by atoms with Gasteiger partial charge in [-0.25, -0.2) is 0 Å². The second-order valence-electron chi connectivity index (χ2n) is 7.99. The van der Waals surface area contributed by atoms with E-state index < -0.39 is 23.6 Å². The fourth-order valence-electron chi connectivity index (χ4n) is 4.09. The Kier molecular flexibility index (Phi) is 10.1. The molecule has 1 aliphatic carbocycles. The van der Waals surface area contributed by atoms with Crippen molar-refractivity contribution in [1.82, 2.24) is 0 Å². The average molecular weight is 388 g/mol. The van der Waals surface area contributed by atoms with Gasteiger partial charge in [0.2, 0.25) is 5.78 Å². The molecule has 1 fully saturated rings. The molecule has 0 amide bonds. The summed E-state index contributed by atoms with van der Waals surface area (Å²) in [5, 5.41) is 8.61. The number of alkyl halides is 2. The largest absolute Gasteiger partial charge is 0.481 e. The van der Waals surface area contributed by atoms with Crippen molar-refractivity contribution < 1.29 is 28.3 Å². The molecule has 1 unspecified atom stereocenters. The second-order valence-corrected chi connectivity index (χ2v) is 7.99. The summed E-state index contributed by atoms with van der Waals surface area (Å²) in [4.78, 5) is 34.6. The van der Waals surface area contributed by atoms with Crippen molar-refractivity contribution in [3.63, 3.8) is 0 Å². The highest BCUT2D eigenvalue weighted by molar-refractivity contribution is 5.86. The molecule has 0 aromatic carbocycles. The number of ketones is 2. The molecule has 0 heterocycles. The lowest BCUT2D eigenvalue weighted by atomic mass is 9.84. The number of carboxylic acid groups (broad SMARTS) is 1. The monoisotopic (exact) mass is 388 g/mol. The number of hydrogen-bond acceptors (Lipinski definition) is 3. The maximum absolute atomic E-state index is 14.2. The molecule has 1 N–H and O–H groups in total. The first-order chi connectivity index (χ1) is 12.7. The maximum Gasteiger partial charge on any atom is 0.307 e. The van der Waals surface area contributed by atoms with Gasteiger partial charge >= 0.3 is 11.9 Å². The highest BCUT2D eigenvalue weighted by atomic mass is 19.3. The fraction of sp³-hybridized carbons (Fsp3) is 0.857. The molecule has 1 rings (SSSR count). The van der Waals surface area contributed by atoms with Crippen LogP contribution in [-0.2, 0) is 14.4 Å². The zero-order valence-electron chi connectivity index (χ0n) is 16.6. The Morgan fingerprint density at radius 1 is 1.15 bits per heavy atom. The number of carboxylic acids is 1. The minimum absolute atomic E-state index is 0.0257. The summed E-state index contributed by atoms with van der Waals surface area (Å²) < 4.78 is 28.3. The third kappa shape index (κ3) is 7.67. The molecule has 4 nitrogen and oxygen atoms in total. The number of halogens is 2. The summed E-state index contributed by atoms with van der Waals surface area (Å²) in [6, 6.07) is 0. The Morgan fingerprint density at radius 3 is 2.44 bits per heavy atom. The first-order valence-corrected chi connectivity index (χ1v) is 10.4. The Hall–Kier alpha value is -1.33. The molecule has 0 aliphatic heterocycles. The van der Waals surface area contributed by atoms with Crippen LogP contribution in [0.25, 0.3) is 0 Å². The van der Waals surface area contributed by atoms with Gasteiger partial charge < -0.3 is 5.11 Å². The predicted octanol–water partition coefficient (Wildman–Crippen LogP) is 5.43. The quantitative estimate of drug-likeness (QED) is 0.403. The van der Waals surface area contributed by atoms with Crippen molar-refractivity contribution in [1.29, 1.82) is 0 Å². The molecule has 6 heteroatoms. The smallest absolute Gasteiger partial charge is 0.307 e. The zero-order chi connectivity index (χ0) is 20.4. The van der Waals surface area contributed by atoms with Crippen LogP contribution in [-0.4, -0.2) is 28.6 Å². The molecule has 0 saturated heterocycles. The van der Waals surface area contributed by atoms with Crippen molar-refractivity contribution in [2.45, 2.75) is 96.8 Å². The molecule has 0 bridgehead atoms. The zero-order valence-corrected chi connectivity index (χ0v) is 16.6. The number of Topliss-reactive ketones (excluding diaryl/α,β-unsaturated/α-hetero) is 2. The third-order valence-corrected chi connectivity index (χ3v) is 5.85. The van der Waals surface area contributed by atoms with E-state index in [1.54, 1.807) is 0 Å². The van der Waals surface area contributed by atoms with Gasteiger partial charge in [-0.1, -0.05) is 39.5 Å². The number of aliphatic carboxylic acids is 1. The average Bonchev–Trinajstić information content (AvgIpc) is 2.95. The first kappa shape index (κ1) is 23.7. The molecule has 27 heavy (non-hydrogen) atoms. The van der Waals surface area contributed by atoms with Gasteiger partial charge in [0.25, 0.3) is 0 Å². The second kappa shape index (κ2) is 11.5. The number of carbonyl (C=O) groups is 3. The number of unbranched alkanes of at least 4 members (excludes halogenated alkanes) is 3. The van der Waals surface area contributed by atoms with Crippen molar-refractivity contribution in [2.24, 2.45) is 17.8 Å². The molecule has 0 radical (unpaired) electrons. The topological polar surface area (TPSA) is 71.4 Å². The number of carbonyl (C=O) groups excluding carboxylic acids is 2. The standard InChI is InChI=1S/C21H34F2O4/c1-3-8-15(2)21(22,23)19(25)14-12-16-11-13-18(24)17(16)9-6-4-5-7-10-20(26)27/h15-17H,3-14H2,1-2H3,(H,26,27)/t15?,16-,17-/m1/s1. The molecule has 3 atom stereocenters. The van der Waals surface area contributed by atoms with Crippen molar-refractivity contribution in [3.05, 3.63) is 0 Å². The van der Waals surface area contributed by atoms with Gasteiger partial charge in [-0.15, -0.1) is 0 Å². The lowest BCUT2D eigenvalue weighted by Crippen LogP contribution is -2.36. The Bertz CT molecular complexity index is 504. The van der Waals surface area contributed by atoms with Crippen molar-refractivity contribution in [2.75, 3.05) is 0 Å². The van der Waals surface area contributed by atoms with Gasteiger partial charge in [-0.3, -0.25) is 14.4 Å². The van der Waals surface area contributed by atoms with E-state index in [1.807, 2.05) is 6.92 Å².